The molecule has 0 heterocycles. The molecule has 2 heteroatoms. The van der Waals surface area contributed by atoms with Crippen molar-refractivity contribution in [2.24, 2.45) is 5.92 Å². The van der Waals surface area contributed by atoms with E-state index >= 15 is 0 Å². The largest absolute Gasteiger partial charge is 0.508 e. The van der Waals surface area contributed by atoms with Crippen LogP contribution >= 0.6 is 0 Å². The second-order valence-electron chi connectivity index (χ2n) is 4.71. The third-order valence-electron chi connectivity index (χ3n) is 3.47. The van der Waals surface area contributed by atoms with E-state index in [4.69, 9.17) is 0 Å². The van der Waals surface area contributed by atoms with E-state index in [0.29, 0.717) is 17.2 Å². The molecule has 0 spiro atoms. The van der Waals surface area contributed by atoms with Crippen molar-refractivity contribution >= 4 is 6.29 Å². The van der Waals surface area contributed by atoms with Crippen LogP contribution in [-0.4, -0.2) is 11.4 Å². The van der Waals surface area contributed by atoms with Crippen LogP contribution in [0, 0.1) is 5.92 Å². The molecule has 16 heavy (non-hydrogen) atoms. The SMILES string of the molecule is O=Cc1ccc(O)c(CC2CCCCC2)c1. The molecule has 1 saturated carbocycles. The van der Waals surface area contributed by atoms with Crippen molar-refractivity contribution in [1.82, 2.24) is 0 Å². The van der Waals surface area contributed by atoms with Gasteiger partial charge in [0, 0.05) is 5.56 Å². The Morgan fingerprint density at radius 2 is 2.00 bits per heavy atom. The molecule has 1 N–H and O–H groups in total. The number of rotatable bonds is 3. The Labute approximate surface area is 96.3 Å². The molecular formula is C14H18O2. The molecule has 0 atom stereocenters. The summed E-state index contributed by atoms with van der Waals surface area (Å²) in [5, 5.41) is 9.75. The minimum atomic E-state index is 0.330. The number of carbonyl (C=O) groups excluding carboxylic acids is 1. The zero-order chi connectivity index (χ0) is 11.4. The molecule has 2 nitrogen and oxygen atoms in total. The summed E-state index contributed by atoms with van der Waals surface area (Å²) in [6.07, 6.45) is 8.21. The predicted octanol–water partition coefficient (Wildman–Crippen LogP) is 3.33. The predicted molar refractivity (Wildman–Crippen MR) is 63.8 cm³/mol. The van der Waals surface area contributed by atoms with Crippen LogP contribution in [0.2, 0.25) is 0 Å². The number of aldehydes is 1. The molecule has 0 radical (unpaired) electrons. The lowest BCUT2D eigenvalue weighted by Crippen LogP contribution is -2.09. The van der Waals surface area contributed by atoms with Crippen LogP contribution in [0.5, 0.6) is 5.75 Å². The maximum Gasteiger partial charge on any atom is 0.150 e. The van der Waals surface area contributed by atoms with E-state index in [0.717, 1.165) is 18.3 Å². The van der Waals surface area contributed by atoms with Gasteiger partial charge in [-0.15, -0.1) is 0 Å². The lowest BCUT2D eigenvalue weighted by molar-refractivity contribution is 0.112. The normalized spacial score (nSPS) is 17.2. The van der Waals surface area contributed by atoms with E-state index in [1.54, 1.807) is 12.1 Å². The molecule has 0 bridgehead atoms. The molecule has 0 unspecified atom stereocenters. The van der Waals surface area contributed by atoms with E-state index in [9.17, 15) is 9.90 Å². The van der Waals surface area contributed by atoms with Crippen LogP contribution in [0.3, 0.4) is 0 Å². The summed E-state index contributed by atoms with van der Waals surface area (Å²) in [6, 6.07) is 5.10. The lowest BCUT2D eigenvalue weighted by atomic mass is 9.84. The highest BCUT2D eigenvalue weighted by Gasteiger charge is 2.15. The molecule has 2 rings (SSSR count). The maximum absolute atomic E-state index is 10.7. The molecular weight excluding hydrogens is 200 g/mol. The number of aromatic hydroxyl groups is 1. The molecule has 1 aliphatic carbocycles. The summed E-state index contributed by atoms with van der Waals surface area (Å²) in [4.78, 5) is 10.7. The topological polar surface area (TPSA) is 37.3 Å². The van der Waals surface area contributed by atoms with Crippen molar-refractivity contribution in [2.45, 2.75) is 38.5 Å². The van der Waals surface area contributed by atoms with Crippen molar-refractivity contribution in [3.63, 3.8) is 0 Å². The van der Waals surface area contributed by atoms with Crippen LogP contribution < -0.4 is 0 Å². The number of phenolic OH excluding ortho intramolecular Hbond substituents is 1. The third-order valence-corrected chi connectivity index (χ3v) is 3.47. The van der Waals surface area contributed by atoms with E-state index < -0.39 is 0 Å². The number of benzene rings is 1. The summed E-state index contributed by atoms with van der Waals surface area (Å²) >= 11 is 0. The molecule has 0 aliphatic heterocycles. The highest BCUT2D eigenvalue weighted by atomic mass is 16.3. The first-order valence-corrected chi connectivity index (χ1v) is 6.06. The molecule has 0 amide bonds. The van der Waals surface area contributed by atoms with Crippen LogP contribution in [-0.2, 0) is 6.42 Å². The van der Waals surface area contributed by atoms with E-state index in [2.05, 4.69) is 0 Å². The summed E-state index contributed by atoms with van der Waals surface area (Å²) in [7, 11) is 0. The van der Waals surface area contributed by atoms with Crippen LogP contribution in [0.15, 0.2) is 18.2 Å². The summed E-state index contributed by atoms with van der Waals surface area (Å²) in [5.41, 5.74) is 1.58. The minimum Gasteiger partial charge on any atom is -0.508 e. The number of carbonyl (C=O) groups is 1. The Balaban J connectivity index is 2.09. The molecule has 0 aromatic heterocycles. The van der Waals surface area contributed by atoms with Gasteiger partial charge in [0.15, 0.2) is 0 Å². The van der Waals surface area contributed by atoms with Gasteiger partial charge in [0.25, 0.3) is 0 Å². The van der Waals surface area contributed by atoms with Gasteiger partial charge in [0.05, 0.1) is 0 Å². The molecule has 86 valence electrons. The standard InChI is InChI=1S/C14H18O2/c15-10-12-6-7-14(16)13(9-12)8-11-4-2-1-3-5-11/h6-7,9-11,16H,1-5,8H2. The van der Waals surface area contributed by atoms with Crippen molar-refractivity contribution in [1.29, 1.82) is 0 Å². The minimum absolute atomic E-state index is 0.330. The zero-order valence-corrected chi connectivity index (χ0v) is 9.48. The van der Waals surface area contributed by atoms with Gasteiger partial charge in [-0.05, 0) is 36.1 Å². The fraction of sp³-hybridized carbons (Fsp3) is 0.500. The summed E-state index contributed by atoms with van der Waals surface area (Å²) in [6.45, 7) is 0. The second kappa shape index (κ2) is 5.15. The Bertz CT molecular complexity index is 365. The summed E-state index contributed by atoms with van der Waals surface area (Å²) < 4.78 is 0. The number of phenols is 1. The Kier molecular flexibility index (Phi) is 3.60. The first-order valence-electron chi connectivity index (χ1n) is 6.06. The first-order chi connectivity index (χ1) is 7.79. The van der Waals surface area contributed by atoms with E-state index in [1.807, 2.05) is 6.07 Å². The quantitative estimate of drug-likeness (QED) is 0.790. The molecule has 1 fully saturated rings. The number of hydrogen-bond acceptors (Lipinski definition) is 2. The van der Waals surface area contributed by atoms with Gasteiger partial charge in [0.2, 0.25) is 0 Å². The van der Waals surface area contributed by atoms with Gasteiger partial charge in [-0.1, -0.05) is 32.1 Å². The number of hydrogen-bond donors (Lipinski definition) is 1. The van der Waals surface area contributed by atoms with E-state index in [1.165, 1.54) is 32.1 Å². The second-order valence-corrected chi connectivity index (χ2v) is 4.71. The van der Waals surface area contributed by atoms with Crippen molar-refractivity contribution < 1.29 is 9.90 Å². The lowest BCUT2D eigenvalue weighted by Gasteiger charge is -2.21. The molecule has 1 aromatic rings. The van der Waals surface area contributed by atoms with Gasteiger partial charge < -0.3 is 5.11 Å². The smallest absolute Gasteiger partial charge is 0.150 e. The van der Waals surface area contributed by atoms with Crippen LogP contribution in [0.25, 0.3) is 0 Å². The van der Waals surface area contributed by atoms with Crippen LogP contribution in [0.4, 0.5) is 0 Å². The van der Waals surface area contributed by atoms with Gasteiger partial charge in [-0.2, -0.15) is 0 Å². The van der Waals surface area contributed by atoms with Gasteiger partial charge >= 0.3 is 0 Å². The summed E-state index contributed by atoms with van der Waals surface area (Å²) in [5.74, 6) is 1.01. The van der Waals surface area contributed by atoms with Gasteiger partial charge in [-0.3, -0.25) is 4.79 Å². The Morgan fingerprint density at radius 1 is 1.25 bits per heavy atom. The van der Waals surface area contributed by atoms with Crippen molar-refractivity contribution in [3.8, 4) is 5.75 Å². The third kappa shape index (κ3) is 2.63. The average Bonchev–Trinajstić information content (AvgIpc) is 2.33. The average molecular weight is 218 g/mol. The van der Waals surface area contributed by atoms with Gasteiger partial charge in [-0.25, -0.2) is 0 Å². The maximum atomic E-state index is 10.7. The Hall–Kier alpha value is -1.31. The fourth-order valence-corrected chi connectivity index (χ4v) is 2.54. The zero-order valence-electron chi connectivity index (χ0n) is 9.48. The highest BCUT2D eigenvalue weighted by Crippen LogP contribution is 2.29. The molecule has 1 aromatic carbocycles. The van der Waals surface area contributed by atoms with E-state index in [-0.39, 0.29) is 0 Å². The Morgan fingerprint density at radius 3 is 2.69 bits per heavy atom. The molecule has 0 saturated heterocycles. The highest BCUT2D eigenvalue weighted by molar-refractivity contribution is 5.75. The molecule has 1 aliphatic rings. The van der Waals surface area contributed by atoms with Crippen LogP contribution in [0.1, 0.15) is 48.0 Å². The first kappa shape index (κ1) is 11.2. The fourth-order valence-electron chi connectivity index (χ4n) is 2.54. The van der Waals surface area contributed by atoms with Crippen molar-refractivity contribution in [2.75, 3.05) is 0 Å². The van der Waals surface area contributed by atoms with Gasteiger partial charge in [0.1, 0.15) is 12.0 Å². The van der Waals surface area contributed by atoms with Crippen molar-refractivity contribution in [3.05, 3.63) is 29.3 Å². The monoisotopic (exact) mass is 218 g/mol.